The van der Waals surface area contributed by atoms with Gasteiger partial charge in [0.25, 0.3) is 0 Å². The van der Waals surface area contributed by atoms with Gasteiger partial charge >= 0.3 is 0 Å². The second kappa shape index (κ2) is 7.57. The third-order valence-corrected chi connectivity index (χ3v) is 4.59. The van der Waals surface area contributed by atoms with Gasteiger partial charge in [-0.2, -0.15) is 0 Å². The predicted molar refractivity (Wildman–Crippen MR) is 96.2 cm³/mol. The van der Waals surface area contributed by atoms with Crippen LogP contribution in [0.25, 0.3) is 11.0 Å². The van der Waals surface area contributed by atoms with Crippen LogP contribution >= 0.6 is 11.8 Å². The zero-order valence-corrected chi connectivity index (χ0v) is 14.8. The minimum atomic E-state index is -0.301. The Morgan fingerprint density at radius 3 is 2.92 bits per heavy atom. The molecule has 3 aromatic rings. The summed E-state index contributed by atoms with van der Waals surface area (Å²) in [6, 6.07) is 11.8. The lowest BCUT2D eigenvalue weighted by molar-refractivity contribution is -0.127. The van der Waals surface area contributed by atoms with E-state index in [-0.39, 0.29) is 17.5 Å². The number of amides is 1. The third-order valence-electron chi connectivity index (χ3n) is 3.73. The van der Waals surface area contributed by atoms with Crippen molar-refractivity contribution in [2.75, 3.05) is 19.9 Å². The highest BCUT2D eigenvalue weighted by molar-refractivity contribution is 7.99. The first-order chi connectivity index (χ1) is 12.0. The van der Waals surface area contributed by atoms with E-state index in [2.05, 4.69) is 9.97 Å². The van der Waals surface area contributed by atoms with Gasteiger partial charge in [-0.15, -0.1) is 0 Å². The van der Waals surface area contributed by atoms with Gasteiger partial charge in [0.1, 0.15) is 11.6 Å². The molecule has 0 radical (unpaired) electrons. The molecule has 0 spiro atoms. The summed E-state index contributed by atoms with van der Waals surface area (Å²) >= 11 is 1.34. The molecule has 0 aliphatic rings. The van der Waals surface area contributed by atoms with Gasteiger partial charge in [0, 0.05) is 19.7 Å². The number of aromatic amines is 1. The molecule has 0 bridgehead atoms. The van der Waals surface area contributed by atoms with Crippen LogP contribution in [0.4, 0.5) is 4.39 Å². The van der Waals surface area contributed by atoms with Crippen LogP contribution in [0.2, 0.25) is 0 Å². The van der Waals surface area contributed by atoms with Crippen LogP contribution in [0.1, 0.15) is 5.56 Å². The summed E-state index contributed by atoms with van der Waals surface area (Å²) in [6.45, 7) is 0.370. The Labute approximate surface area is 149 Å². The summed E-state index contributed by atoms with van der Waals surface area (Å²) in [6.07, 6.45) is 0. The lowest BCUT2D eigenvalue weighted by atomic mass is 10.2. The molecule has 1 heterocycles. The lowest BCUT2D eigenvalue weighted by Gasteiger charge is -2.16. The topological polar surface area (TPSA) is 58.2 Å². The molecule has 0 saturated carbocycles. The molecule has 0 fully saturated rings. The van der Waals surface area contributed by atoms with E-state index in [4.69, 9.17) is 4.74 Å². The van der Waals surface area contributed by atoms with Crippen LogP contribution in [-0.2, 0) is 11.3 Å². The summed E-state index contributed by atoms with van der Waals surface area (Å²) < 4.78 is 18.4. The molecule has 1 aromatic heterocycles. The van der Waals surface area contributed by atoms with Gasteiger partial charge < -0.3 is 14.6 Å². The molecule has 2 aromatic carbocycles. The summed E-state index contributed by atoms with van der Waals surface area (Å²) in [5, 5.41) is 0.677. The van der Waals surface area contributed by atoms with E-state index in [0.29, 0.717) is 11.7 Å². The summed E-state index contributed by atoms with van der Waals surface area (Å²) in [5.74, 6) is 0.652. The highest BCUT2D eigenvalue weighted by Crippen LogP contribution is 2.23. The number of methoxy groups -OCH3 is 1. The summed E-state index contributed by atoms with van der Waals surface area (Å²) in [7, 11) is 3.32. The second-order valence-corrected chi connectivity index (χ2v) is 6.56. The number of H-pyrrole nitrogens is 1. The number of fused-ring (bicyclic) bond motifs is 1. The molecule has 0 unspecified atom stereocenters. The number of nitrogens with one attached hydrogen (secondary N) is 1. The molecular weight excluding hydrogens is 341 g/mol. The van der Waals surface area contributed by atoms with E-state index < -0.39 is 0 Å². The van der Waals surface area contributed by atoms with Crippen LogP contribution < -0.4 is 4.74 Å². The van der Waals surface area contributed by atoms with Crippen molar-refractivity contribution in [3.05, 3.63) is 53.8 Å². The van der Waals surface area contributed by atoms with Crippen molar-refractivity contribution in [2.24, 2.45) is 0 Å². The Morgan fingerprint density at radius 2 is 2.16 bits per heavy atom. The number of ether oxygens (including phenoxy) is 1. The fraction of sp³-hybridized carbons (Fsp3) is 0.222. The largest absolute Gasteiger partial charge is 0.497 e. The average Bonchev–Trinajstić information content (AvgIpc) is 3.01. The molecule has 5 nitrogen and oxygen atoms in total. The van der Waals surface area contributed by atoms with E-state index in [1.807, 2.05) is 18.2 Å². The number of hydrogen-bond donors (Lipinski definition) is 1. The Bertz CT molecular complexity index is 897. The number of carbonyl (C=O) groups is 1. The number of nitrogens with zero attached hydrogens (tertiary/aromatic N) is 2. The quantitative estimate of drug-likeness (QED) is 0.685. The first kappa shape index (κ1) is 17.3. The first-order valence-corrected chi connectivity index (χ1v) is 8.68. The van der Waals surface area contributed by atoms with E-state index in [9.17, 15) is 9.18 Å². The number of hydrogen-bond acceptors (Lipinski definition) is 4. The molecule has 1 amide bonds. The maximum atomic E-state index is 13.2. The number of benzene rings is 2. The zero-order valence-electron chi connectivity index (χ0n) is 14.0. The van der Waals surface area contributed by atoms with Gasteiger partial charge in [-0.3, -0.25) is 4.79 Å². The van der Waals surface area contributed by atoms with Crippen LogP contribution in [-0.4, -0.2) is 40.7 Å². The van der Waals surface area contributed by atoms with E-state index in [1.54, 1.807) is 31.2 Å². The van der Waals surface area contributed by atoms with Crippen LogP contribution in [0.5, 0.6) is 5.75 Å². The van der Waals surface area contributed by atoms with E-state index in [1.165, 1.54) is 23.9 Å². The molecule has 7 heteroatoms. The molecular formula is C18H18FN3O2S. The van der Waals surface area contributed by atoms with E-state index in [0.717, 1.165) is 22.3 Å². The minimum absolute atomic E-state index is 0.0488. The maximum Gasteiger partial charge on any atom is 0.233 e. The zero-order chi connectivity index (χ0) is 17.8. The monoisotopic (exact) mass is 359 g/mol. The number of aromatic nitrogens is 2. The standard InChI is InChI=1S/C18H18FN3O2S/c1-22(10-12-4-3-5-13(19)8-12)17(23)11-25-18-20-15-7-6-14(24-2)9-16(15)21-18/h3-9H,10-11H2,1-2H3,(H,20,21). The fourth-order valence-corrected chi connectivity index (χ4v) is 3.22. The molecule has 130 valence electrons. The Kier molecular flexibility index (Phi) is 5.23. The van der Waals surface area contributed by atoms with Gasteiger partial charge in [0.15, 0.2) is 5.16 Å². The van der Waals surface area contributed by atoms with Gasteiger partial charge in [-0.1, -0.05) is 23.9 Å². The summed E-state index contributed by atoms with van der Waals surface area (Å²) in [4.78, 5) is 21.5. The Morgan fingerprint density at radius 1 is 1.32 bits per heavy atom. The normalized spacial score (nSPS) is 10.8. The number of halogens is 1. The van der Waals surface area contributed by atoms with Gasteiger partial charge in [0.05, 0.1) is 23.9 Å². The van der Waals surface area contributed by atoms with Crippen molar-refractivity contribution in [3.63, 3.8) is 0 Å². The maximum absolute atomic E-state index is 13.2. The van der Waals surface area contributed by atoms with Crippen molar-refractivity contribution >= 4 is 28.7 Å². The number of carbonyl (C=O) groups excluding carboxylic acids is 1. The molecule has 0 atom stereocenters. The first-order valence-electron chi connectivity index (χ1n) is 7.70. The average molecular weight is 359 g/mol. The molecule has 0 aliphatic heterocycles. The molecule has 1 N–H and O–H groups in total. The molecule has 0 aliphatic carbocycles. The summed E-state index contributed by atoms with van der Waals surface area (Å²) in [5.41, 5.74) is 2.45. The minimum Gasteiger partial charge on any atom is -0.497 e. The van der Waals surface area contributed by atoms with Crippen molar-refractivity contribution in [1.29, 1.82) is 0 Å². The van der Waals surface area contributed by atoms with Crippen molar-refractivity contribution in [2.45, 2.75) is 11.7 Å². The van der Waals surface area contributed by atoms with Crippen LogP contribution in [0.3, 0.4) is 0 Å². The number of imidazole rings is 1. The van der Waals surface area contributed by atoms with Crippen LogP contribution in [0, 0.1) is 5.82 Å². The smallest absolute Gasteiger partial charge is 0.233 e. The molecule has 0 saturated heterocycles. The highest BCUT2D eigenvalue weighted by Gasteiger charge is 2.12. The van der Waals surface area contributed by atoms with Gasteiger partial charge in [-0.05, 0) is 29.8 Å². The fourth-order valence-electron chi connectivity index (χ4n) is 2.40. The van der Waals surface area contributed by atoms with Crippen molar-refractivity contribution < 1.29 is 13.9 Å². The second-order valence-electron chi connectivity index (χ2n) is 5.59. The third kappa shape index (κ3) is 4.30. The number of rotatable bonds is 6. The Balaban J connectivity index is 1.59. The van der Waals surface area contributed by atoms with Gasteiger partial charge in [0.2, 0.25) is 5.91 Å². The molecule has 25 heavy (non-hydrogen) atoms. The highest BCUT2D eigenvalue weighted by atomic mass is 32.2. The predicted octanol–water partition coefficient (Wildman–Crippen LogP) is 3.46. The van der Waals surface area contributed by atoms with E-state index >= 15 is 0 Å². The van der Waals surface area contributed by atoms with Crippen molar-refractivity contribution in [1.82, 2.24) is 14.9 Å². The van der Waals surface area contributed by atoms with Crippen molar-refractivity contribution in [3.8, 4) is 5.75 Å². The van der Waals surface area contributed by atoms with Crippen LogP contribution in [0.15, 0.2) is 47.6 Å². The molecule has 3 rings (SSSR count). The SMILES string of the molecule is COc1ccc2nc(SCC(=O)N(C)Cc3cccc(F)c3)[nH]c2c1. The Hall–Kier alpha value is -2.54. The lowest BCUT2D eigenvalue weighted by Crippen LogP contribution is -2.27. The number of thioether (sulfide) groups is 1. The van der Waals surface area contributed by atoms with Gasteiger partial charge in [-0.25, -0.2) is 9.37 Å².